The van der Waals surface area contributed by atoms with E-state index in [1.807, 2.05) is 12.3 Å². The van der Waals surface area contributed by atoms with Crippen LogP contribution in [0.5, 0.6) is 0 Å². The van der Waals surface area contributed by atoms with Crippen LogP contribution in [0.15, 0.2) is 158 Å². The van der Waals surface area contributed by atoms with Gasteiger partial charge in [0.05, 0.1) is 10.4 Å². The van der Waals surface area contributed by atoms with E-state index in [1.54, 1.807) is 11.3 Å². The molecule has 0 amide bonds. The minimum Gasteiger partial charge on any atom is -0.309 e. The Morgan fingerprint density at radius 1 is 0.455 bits per heavy atom. The third kappa shape index (κ3) is 3.98. The molecule has 0 atom stereocenters. The predicted molar refractivity (Wildman–Crippen MR) is 190 cm³/mol. The van der Waals surface area contributed by atoms with Gasteiger partial charge in [-0.25, -0.2) is 4.98 Å². The average Bonchev–Trinajstić information content (AvgIpc) is 3.48. The van der Waals surface area contributed by atoms with Crippen LogP contribution >= 0.6 is 11.3 Å². The van der Waals surface area contributed by atoms with Crippen LogP contribution in [0.25, 0.3) is 63.7 Å². The van der Waals surface area contributed by atoms with Crippen LogP contribution in [0, 0.1) is 0 Å². The summed E-state index contributed by atoms with van der Waals surface area (Å²) in [7, 11) is 0. The molecule has 206 valence electrons. The number of rotatable bonds is 4. The Morgan fingerprint density at radius 2 is 1.11 bits per heavy atom. The number of nitrogens with zero attached hydrogens (tertiary/aromatic N) is 2. The third-order valence-electron chi connectivity index (χ3n) is 8.70. The van der Waals surface area contributed by atoms with E-state index >= 15 is 0 Å². The van der Waals surface area contributed by atoms with Gasteiger partial charge in [-0.3, -0.25) is 0 Å². The molecule has 0 aliphatic heterocycles. The Labute approximate surface area is 259 Å². The lowest BCUT2D eigenvalue weighted by atomic mass is 9.96. The molecule has 44 heavy (non-hydrogen) atoms. The van der Waals surface area contributed by atoms with E-state index in [-0.39, 0.29) is 0 Å². The van der Waals surface area contributed by atoms with Crippen molar-refractivity contribution in [2.75, 3.05) is 4.90 Å². The summed E-state index contributed by atoms with van der Waals surface area (Å²) in [4.78, 5) is 8.19. The molecule has 9 rings (SSSR count). The summed E-state index contributed by atoms with van der Waals surface area (Å²) in [5, 5.41) is 10.0. The smallest absolute Gasteiger partial charge is 0.124 e. The Kier molecular flexibility index (Phi) is 5.71. The van der Waals surface area contributed by atoms with Gasteiger partial charge in [0.25, 0.3) is 0 Å². The van der Waals surface area contributed by atoms with E-state index in [4.69, 9.17) is 4.98 Å². The van der Waals surface area contributed by atoms with Gasteiger partial charge in [0, 0.05) is 28.3 Å². The van der Waals surface area contributed by atoms with E-state index in [9.17, 15) is 0 Å². The summed E-state index contributed by atoms with van der Waals surface area (Å²) < 4.78 is 1.23. The second-order valence-electron chi connectivity index (χ2n) is 11.2. The van der Waals surface area contributed by atoms with Crippen LogP contribution in [0.3, 0.4) is 0 Å². The molecule has 2 heterocycles. The minimum atomic E-state index is 1.06. The molecule has 2 aromatic heterocycles. The Bertz CT molecular complexity index is 2490. The maximum atomic E-state index is 4.71. The van der Waals surface area contributed by atoms with Crippen LogP contribution in [-0.4, -0.2) is 4.98 Å². The molecule has 0 N–H and O–H groups in total. The standard InChI is InChI=1S/C41H26N2S/c1-2-8-27(9-3-1)28-19-22-32(23-20-28)43(38-14-6-12-35-36-13-7-25-42-41(36)44-40(35)38)33-24-21-30-16-18-31-17-15-29-10-4-5-11-34(29)39(31)37(30)26-33/h1-26H. The highest BCUT2D eigenvalue weighted by atomic mass is 32.1. The normalized spacial score (nSPS) is 11.6. The zero-order valence-corrected chi connectivity index (χ0v) is 24.6. The lowest BCUT2D eigenvalue weighted by Gasteiger charge is -2.27. The maximum absolute atomic E-state index is 4.71. The number of benzene rings is 7. The van der Waals surface area contributed by atoms with Crippen molar-refractivity contribution in [2.24, 2.45) is 0 Å². The second-order valence-corrected chi connectivity index (χ2v) is 12.2. The Morgan fingerprint density at radius 3 is 1.98 bits per heavy atom. The number of anilines is 3. The van der Waals surface area contributed by atoms with Gasteiger partial charge in [0.15, 0.2) is 0 Å². The van der Waals surface area contributed by atoms with Crippen molar-refractivity contribution in [3.63, 3.8) is 0 Å². The first-order valence-electron chi connectivity index (χ1n) is 14.9. The van der Waals surface area contributed by atoms with Crippen LogP contribution in [0.4, 0.5) is 17.1 Å². The molecular formula is C41H26N2S. The Balaban J connectivity index is 1.31. The maximum Gasteiger partial charge on any atom is 0.124 e. The number of hydrogen-bond acceptors (Lipinski definition) is 3. The number of aromatic nitrogens is 1. The van der Waals surface area contributed by atoms with E-state index in [0.717, 1.165) is 21.9 Å². The number of fused-ring (bicyclic) bond motifs is 8. The van der Waals surface area contributed by atoms with Crippen LogP contribution in [0.1, 0.15) is 0 Å². The lowest BCUT2D eigenvalue weighted by molar-refractivity contribution is 1.31. The van der Waals surface area contributed by atoms with Gasteiger partial charge in [-0.1, -0.05) is 109 Å². The molecule has 0 saturated carbocycles. The largest absolute Gasteiger partial charge is 0.309 e. The average molecular weight is 579 g/mol. The first kappa shape index (κ1) is 25.0. The van der Waals surface area contributed by atoms with Gasteiger partial charge in [-0.05, 0) is 85.9 Å². The molecule has 0 aliphatic rings. The fourth-order valence-electron chi connectivity index (χ4n) is 6.61. The van der Waals surface area contributed by atoms with Crippen molar-refractivity contribution in [1.29, 1.82) is 0 Å². The molecule has 0 unspecified atom stereocenters. The van der Waals surface area contributed by atoms with Gasteiger partial charge in [-0.2, -0.15) is 0 Å². The SMILES string of the molecule is c1ccc(-c2ccc(N(c3ccc4ccc5ccc6ccccc6c5c4c3)c3cccc4c3sc3ncccc34)cc2)cc1. The van der Waals surface area contributed by atoms with Crippen molar-refractivity contribution in [2.45, 2.75) is 0 Å². The van der Waals surface area contributed by atoms with Crippen molar-refractivity contribution < 1.29 is 0 Å². The number of hydrogen-bond donors (Lipinski definition) is 0. The molecule has 2 nitrogen and oxygen atoms in total. The minimum absolute atomic E-state index is 1.06. The summed E-state index contributed by atoms with van der Waals surface area (Å²) in [6, 6.07) is 54.9. The highest BCUT2D eigenvalue weighted by Gasteiger charge is 2.19. The predicted octanol–water partition coefficient (Wildman–Crippen LogP) is 12.0. The summed E-state index contributed by atoms with van der Waals surface area (Å²) in [5.74, 6) is 0. The Hall–Kier alpha value is -5.51. The van der Waals surface area contributed by atoms with Gasteiger partial charge in [0.2, 0.25) is 0 Å². The molecule has 9 aromatic rings. The van der Waals surface area contributed by atoms with E-state index in [2.05, 4.69) is 150 Å². The fourth-order valence-corrected chi connectivity index (χ4v) is 7.75. The van der Waals surface area contributed by atoms with Crippen LogP contribution < -0.4 is 4.90 Å². The van der Waals surface area contributed by atoms with Gasteiger partial charge in [-0.15, -0.1) is 11.3 Å². The molecule has 7 aromatic carbocycles. The molecule has 0 aliphatic carbocycles. The van der Waals surface area contributed by atoms with E-state index in [0.29, 0.717) is 0 Å². The van der Waals surface area contributed by atoms with Crippen molar-refractivity contribution >= 4 is 81.0 Å². The van der Waals surface area contributed by atoms with E-state index in [1.165, 1.54) is 58.9 Å². The topological polar surface area (TPSA) is 16.1 Å². The molecule has 0 fully saturated rings. The van der Waals surface area contributed by atoms with Crippen molar-refractivity contribution in [3.05, 3.63) is 158 Å². The zero-order chi connectivity index (χ0) is 29.0. The summed E-state index contributed by atoms with van der Waals surface area (Å²) in [6.45, 7) is 0. The van der Waals surface area contributed by atoms with Crippen LogP contribution in [0.2, 0.25) is 0 Å². The van der Waals surface area contributed by atoms with Crippen LogP contribution in [-0.2, 0) is 0 Å². The quantitative estimate of drug-likeness (QED) is 0.193. The molecule has 0 spiro atoms. The number of pyridine rings is 1. The highest BCUT2D eigenvalue weighted by Crippen LogP contribution is 2.45. The van der Waals surface area contributed by atoms with Crippen molar-refractivity contribution in [1.82, 2.24) is 4.98 Å². The first-order valence-corrected chi connectivity index (χ1v) is 15.7. The first-order chi connectivity index (χ1) is 21.8. The van der Waals surface area contributed by atoms with Gasteiger partial charge < -0.3 is 4.90 Å². The summed E-state index contributed by atoms with van der Waals surface area (Å²) in [5.41, 5.74) is 5.82. The molecule has 0 saturated heterocycles. The second kappa shape index (κ2) is 10.0. The molecule has 0 bridgehead atoms. The third-order valence-corrected chi connectivity index (χ3v) is 9.85. The monoisotopic (exact) mass is 578 g/mol. The molecule has 0 radical (unpaired) electrons. The zero-order valence-electron chi connectivity index (χ0n) is 23.8. The number of thiophene rings is 1. The molecular weight excluding hydrogens is 553 g/mol. The van der Waals surface area contributed by atoms with Crippen molar-refractivity contribution in [3.8, 4) is 11.1 Å². The summed E-state index contributed by atoms with van der Waals surface area (Å²) in [6.07, 6.45) is 1.89. The highest BCUT2D eigenvalue weighted by molar-refractivity contribution is 7.26. The fraction of sp³-hybridized carbons (Fsp3) is 0. The van der Waals surface area contributed by atoms with Gasteiger partial charge in [0.1, 0.15) is 4.83 Å². The molecule has 3 heteroatoms. The lowest BCUT2D eigenvalue weighted by Crippen LogP contribution is -2.10. The van der Waals surface area contributed by atoms with E-state index < -0.39 is 0 Å². The van der Waals surface area contributed by atoms with Gasteiger partial charge >= 0.3 is 0 Å². The summed E-state index contributed by atoms with van der Waals surface area (Å²) >= 11 is 1.76.